The van der Waals surface area contributed by atoms with Crippen LogP contribution in [0, 0.1) is 0 Å². The number of amides is 2. The van der Waals surface area contributed by atoms with Crippen molar-refractivity contribution in [1.29, 1.82) is 0 Å². The Balaban J connectivity index is 1.37. The lowest BCUT2D eigenvalue weighted by atomic mass is 10.1. The second kappa shape index (κ2) is 10.4. The predicted molar refractivity (Wildman–Crippen MR) is 111 cm³/mol. The van der Waals surface area contributed by atoms with E-state index in [4.69, 9.17) is 4.74 Å². The van der Waals surface area contributed by atoms with Crippen molar-refractivity contribution in [2.45, 2.75) is 23.8 Å². The summed E-state index contributed by atoms with van der Waals surface area (Å²) in [4.78, 5) is 28.3. The molecule has 0 spiro atoms. The van der Waals surface area contributed by atoms with E-state index in [0.717, 1.165) is 0 Å². The Morgan fingerprint density at radius 1 is 0.966 bits per heavy atom. The van der Waals surface area contributed by atoms with E-state index in [1.807, 2.05) is 0 Å². The molecule has 0 radical (unpaired) electrons. The van der Waals surface area contributed by atoms with Crippen molar-refractivity contribution in [3.8, 4) is 0 Å². The summed E-state index contributed by atoms with van der Waals surface area (Å²) in [6.45, 7) is 3.38. The molecule has 3 rings (SSSR count). The molecule has 160 valence electrons. The third kappa shape index (κ3) is 6.43. The average molecular weight is 442 g/mol. The summed E-state index contributed by atoms with van der Waals surface area (Å²) in [6.07, 6.45) is 1.16. The average Bonchev–Trinajstić information content (AvgIpc) is 2.75. The molecule has 0 unspecified atom stereocenters. The molecule has 2 amide bonds. The number of benzene rings is 1. The zero-order valence-electron chi connectivity index (χ0n) is 16.3. The molecule has 2 heterocycles. The Morgan fingerprint density at radius 3 is 2.10 bits per heavy atom. The van der Waals surface area contributed by atoms with Crippen LogP contribution in [0.15, 0.2) is 35.2 Å². The lowest BCUT2D eigenvalue weighted by molar-refractivity contribution is -0.132. The first-order valence-corrected chi connectivity index (χ1v) is 12.4. The zero-order chi connectivity index (χ0) is 20.7. The molecular weight excluding hydrogens is 414 g/mol. The fraction of sp³-hybridized carbons (Fsp3) is 0.579. The van der Waals surface area contributed by atoms with Gasteiger partial charge >= 0.3 is 0 Å². The maximum absolute atomic E-state index is 12.4. The van der Waals surface area contributed by atoms with Crippen molar-refractivity contribution < 1.29 is 22.7 Å². The van der Waals surface area contributed by atoms with Gasteiger partial charge in [0, 0.05) is 32.2 Å². The summed E-state index contributed by atoms with van der Waals surface area (Å²) in [5.74, 6) is 0.588. The molecule has 29 heavy (non-hydrogen) atoms. The molecule has 2 aliphatic heterocycles. The van der Waals surface area contributed by atoms with E-state index < -0.39 is 10.0 Å². The van der Waals surface area contributed by atoms with Gasteiger partial charge in [-0.15, -0.1) is 11.8 Å². The van der Waals surface area contributed by atoms with Gasteiger partial charge in [-0.2, -0.15) is 0 Å². The van der Waals surface area contributed by atoms with Crippen LogP contribution in [0.3, 0.4) is 0 Å². The van der Waals surface area contributed by atoms with Gasteiger partial charge in [-0.05, 0) is 25.0 Å². The van der Waals surface area contributed by atoms with Gasteiger partial charge in [0.25, 0.3) is 0 Å². The van der Waals surface area contributed by atoms with E-state index in [1.54, 1.807) is 40.1 Å². The van der Waals surface area contributed by atoms with Gasteiger partial charge in [0.15, 0.2) is 0 Å². The highest BCUT2D eigenvalue weighted by Crippen LogP contribution is 2.16. The molecule has 10 heteroatoms. The van der Waals surface area contributed by atoms with Crippen LogP contribution in [0.2, 0.25) is 0 Å². The van der Waals surface area contributed by atoms with Crippen molar-refractivity contribution >= 4 is 33.6 Å². The lowest BCUT2D eigenvalue weighted by Crippen LogP contribution is -2.47. The van der Waals surface area contributed by atoms with Crippen LogP contribution in [-0.4, -0.2) is 87.0 Å². The number of hydrogen-bond acceptors (Lipinski definition) is 6. The molecule has 0 aliphatic carbocycles. The van der Waals surface area contributed by atoms with Crippen molar-refractivity contribution in [3.63, 3.8) is 0 Å². The summed E-state index contributed by atoms with van der Waals surface area (Å²) < 4.78 is 32.8. The van der Waals surface area contributed by atoms with Gasteiger partial charge in [0.2, 0.25) is 21.8 Å². The van der Waals surface area contributed by atoms with Gasteiger partial charge in [0.1, 0.15) is 0 Å². The second-order valence-electron chi connectivity index (χ2n) is 7.08. The van der Waals surface area contributed by atoms with Crippen LogP contribution >= 0.6 is 11.8 Å². The number of nitrogens with one attached hydrogen (secondary N) is 1. The number of rotatable bonds is 7. The quantitative estimate of drug-likeness (QED) is 0.664. The normalized spacial score (nSPS) is 18.6. The number of likely N-dealkylation sites (tertiary alicyclic amines) is 1. The number of hydrogen-bond donors (Lipinski definition) is 1. The predicted octanol–water partition coefficient (Wildman–Crippen LogP) is 0.548. The fourth-order valence-electron chi connectivity index (χ4n) is 3.35. The molecular formula is C19H27N3O5S2. The third-order valence-electron chi connectivity index (χ3n) is 5.04. The Labute approximate surface area is 176 Å². The van der Waals surface area contributed by atoms with Crippen molar-refractivity contribution in [2.24, 2.45) is 0 Å². The van der Waals surface area contributed by atoms with Gasteiger partial charge in [-0.3, -0.25) is 9.59 Å². The molecule has 0 bridgehead atoms. The summed E-state index contributed by atoms with van der Waals surface area (Å²) in [6, 6.07) is 8.11. The minimum Gasteiger partial charge on any atom is -0.378 e. The Hall–Kier alpha value is -1.62. The summed E-state index contributed by atoms with van der Waals surface area (Å²) in [5.41, 5.74) is 0. The van der Waals surface area contributed by atoms with Gasteiger partial charge in [-0.1, -0.05) is 18.2 Å². The molecule has 0 aromatic heterocycles. The van der Waals surface area contributed by atoms with E-state index >= 15 is 0 Å². The number of thioether (sulfide) groups is 1. The van der Waals surface area contributed by atoms with E-state index in [0.29, 0.717) is 58.0 Å². The largest absolute Gasteiger partial charge is 0.378 e. The second-order valence-corrected chi connectivity index (χ2v) is 9.77. The molecule has 2 fully saturated rings. The molecule has 8 nitrogen and oxygen atoms in total. The summed E-state index contributed by atoms with van der Waals surface area (Å²) in [7, 11) is -3.54. The molecule has 1 aromatic rings. The van der Waals surface area contributed by atoms with Crippen LogP contribution in [-0.2, 0) is 24.3 Å². The summed E-state index contributed by atoms with van der Waals surface area (Å²) in [5, 5.41) is 0. The first-order chi connectivity index (χ1) is 14.0. The van der Waals surface area contributed by atoms with Crippen molar-refractivity contribution in [2.75, 3.05) is 50.9 Å². The van der Waals surface area contributed by atoms with E-state index in [-0.39, 0.29) is 28.5 Å². The number of carbonyl (C=O) groups excluding carboxylic acids is 2. The molecule has 0 saturated carbocycles. The molecule has 1 N–H and O–H groups in total. The minimum absolute atomic E-state index is 0.00542. The Morgan fingerprint density at radius 2 is 1.52 bits per heavy atom. The zero-order valence-corrected chi connectivity index (χ0v) is 17.9. The van der Waals surface area contributed by atoms with Crippen LogP contribution in [0.1, 0.15) is 12.8 Å². The lowest BCUT2D eigenvalue weighted by Gasteiger charge is -2.32. The van der Waals surface area contributed by atoms with E-state index in [9.17, 15) is 18.0 Å². The van der Waals surface area contributed by atoms with Gasteiger partial charge < -0.3 is 14.5 Å². The van der Waals surface area contributed by atoms with Gasteiger partial charge in [-0.25, -0.2) is 13.1 Å². The first kappa shape index (κ1) is 22.1. The van der Waals surface area contributed by atoms with E-state index in [2.05, 4.69) is 4.72 Å². The fourth-order valence-corrected chi connectivity index (χ4v) is 5.50. The van der Waals surface area contributed by atoms with Crippen LogP contribution in [0.5, 0.6) is 0 Å². The topological polar surface area (TPSA) is 96.0 Å². The standard InChI is InChI=1S/C19H27N3O5S2/c23-18(14-28-15-19(24)22-10-12-27-13-11-22)21-8-6-16(7-9-21)20-29(25,26)17-4-2-1-3-5-17/h1-5,16,20H,6-15H2. The summed E-state index contributed by atoms with van der Waals surface area (Å²) >= 11 is 1.33. The van der Waals surface area contributed by atoms with Crippen LogP contribution < -0.4 is 4.72 Å². The number of sulfonamides is 1. The third-order valence-corrected chi connectivity index (χ3v) is 7.48. The number of piperidine rings is 1. The van der Waals surface area contributed by atoms with Crippen LogP contribution in [0.4, 0.5) is 0 Å². The number of morpholine rings is 1. The highest BCUT2D eigenvalue weighted by Gasteiger charge is 2.27. The number of carbonyl (C=O) groups is 2. The van der Waals surface area contributed by atoms with Crippen LogP contribution in [0.25, 0.3) is 0 Å². The van der Waals surface area contributed by atoms with Gasteiger partial charge in [0.05, 0.1) is 29.6 Å². The number of ether oxygens (including phenoxy) is 1. The molecule has 0 atom stereocenters. The molecule has 2 aliphatic rings. The Kier molecular flexibility index (Phi) is 7.93. The maximum Gasteiger partial charge on any atom is 0.240 e. The highest BCUT2D eigenvalue weighted by molar-refractivity contribution is 8.00. The van der Waals surface area contributed by atoms with Crippen molar-refractivity contribution in [1.82, 2.24) is 14.5 Å². The Bertz CT molecular complexity index is 789. The minimum atomic E-state index is -3.54. The van der Waals surface area contributed by atoms with E-state index in [1.165, 1.54) is 11.8 Å². The van der Waals surface area contributed by atoms with Crippen molar-refractivity contribution in [3.05, 3.63) is 30.3 Å². The molecule has 2 saturated heterocycles. The highest BCUT2D eigenvalue weighted by atomic mass is 32.2. The SMILES string of the molecule is O=C(CSCC(=O)N1CCC(NS(=O)(=O)c2ccccc2)CC1)N1CCOCC1. The smallest absolute Gasteiger partial charge is 0.240 e. The monoisotopic (exact) mass is 441 g/mol. The first-order valence-electron chi connectivity index (χ1n) is 9.74. The molecule has 1 aromatic carbocycles. The maximum atomic E-state index is 12.4. The number of nitrogens with zero attached hydrogens (tertiary/aromatic N) is 2.